The van der Waals surface area contributed by atoms with Gasteiger partial charge in [0.2, 0.25) is 0 Å². The molecule has 1 aromatic rings. The van der Waals surface area contributed by atoms with Crippen LogP contribution in [-0.2, 0) is 4.74 Å². The molecular weight excluding hydrogens is 302 g/mol. The predicted octanol–water partition coefficient (Wildman–Crippen LogP) is 4.35. The minimum Gasteiger partial charge on any atom is -0.382 e. The van der Waals surface area contributed by atoms with E-state index in [1.54, 1.807) is 0 Å². The second kappa shape index (κ2) is 10.4. The van der Waals surface area contributed by atoms with Crippen LogP contribution in [-0.4, -0.2) is 26.3 Å². The van der Waals surface area contributed by atoms with Crippen molar-refractivity contribution in [3.05, 3.63) is 34.3 Å². The molecule has 0 heterocycles. The molecule has 1 unspecified atom stereocenters. The summed E-state index contributed by atoms with van der Waals surface area (Å²) in [4.78, 5) is 0. The van der Waals surface area contributed by atoms with Crippen molar-refractivity contribution in [3.8, 4) is 0 Å². The van der Waals surface area contributed by atoms with E-state index in [0.29, 0.717) is 5.92 Å². The van der Waals surface area contributed by atoms with E-state index in [1.807, 2.05) is 0 Å². The van der Waals surface area contributed by atoms with Gasteiger partial charge in [0.15, 0.2) is 0 Å². The molecule has 1 aromatic carbocycles. The molecule has 19 heavy (non-hydrogen) atoms. The quantitative estimate of drug-likeness (QED) is 0.645. The van der Waals surface area contributed by atoms with Crippen molar-refractivity contribution in [3.63, 3.8) is 0 Å². The fraction of sp³-hybridized carbons (Fsp3) is 0.625. The van der Waals surface area contributed by atoms with Crippen LogP contribution in [0.5, 0.6) is 0 Å². The Morgan fingerprint density at radius 3 is 2.84 bits per heavy atom. The van der Waals surface area contributed by atoms with Crippen LogP contribution in [0.25, 0.3) is 0 Å². The second-order valence-corrected chi connectivity index (χ2v) is 5.71. The van der Waals surface area contributed by atoms with Gasteiger partial charge in [-0.3, -0.25) is 0 Å². The average molecular weight is 328 g/mol. The molecule has 3 heteroatoms. The molecule has 0 amide bonds. The largest absolute Gasteiger partial charge is 0.382 e. The summed E-state index contributed by atoms with van der Waals surface area (Å²) in [5.41, 5.74) is 1.41. The number of nitrogens with one attached hydrogen (secondary N) is 1. The first-order chi connectivity index (χ1) is 9.27. The third-order valence-electron chi connectivity index (χ3n) is 3.18. The number of halogens is 1. The van der Waals surface area contributed by atoms with E-state index in [-0.39, 0.29) is 0 Å². The van der Waals surface area contributed by atoms with Gasteiger partial charge in [0, 0.05) is 24.2 Å². The van der Waals surface area contributed by atoms with Crippen LogP contribution >= 0.6 is 15.9 Å². The third-order valence-corrected chi connectivity index (χ3v) is 3.68. The Morgan fingerprint density at radius 2 is 2.16 bits per heavy atom. The van der Waals surface area contributed by atoms with Gasteiger partial charge in [-0.1, -0.05) is 35.0 Å². The molecule has 1 N–H and O–H groups in total. The molecular formula is C16H26BrNO. The van der Waals surface area contributed by atoms with Crippen LogP contribution in [0.2, 0.25) is 0 Å². The molecule has 0 aliphatic carbocycles. The molecule has 0 bridgehead atoms. The maximum Gasteiger partial charge on any atom is 0.0466 e. The van der Waals surface area contributed by atoms with Crippen molar-refractivity contribution in [1.82, 2.24) is 5.32 Å². The molecule has 0 spiro atoms. The first-order valence-corrected chi connectivity index (χ1v) is 8.11. The molecule has 1 atom stereocenters. The second-order valence-electron chi connectivity index (χ2n) is 4.80. The molecule has 2 nitrogen and oxygen atoms in total. The Bertz CT molecular complexity index is 343. The van der Waals surface area contributed by atoms with Gasteiger partial charge in [-0.05, 0) is 56.3 Å². The summed E-state index contributed by atoms with van der Waals surface area (Å²) in [6.07, 6.45) is 3.48. The van der Waals surface area contributed by atoms with Crippen LogP contribution in [0.1, 0.15) is 44.6 Å². The highest BCUT2D eigenvalue weighted by atomic mass is 79.9. The topological polar surface area (TPSA) is 21.3 Å². The standard InChI is InChI=1S/C16H26BrNO/c1-3-10-18-13-15(8-6-11-19-4-2)14-7-5-9-16(17)12-14/h5,7,9,12,15,18H,3-4,6,8,10-11,13H2,1-2H3. The predicted molar refractivity (Wildman–Crippen MR) is 85.8 cm³/mol. The fourth-order valence-electron chi connectivity index (χ4n) is 2.18. The zero-order valence-corrected chi connectivity index (χ0v) is 13.7. The fourth-order valence-corrected chi connectivity index (χ4v) is 2.59. The van der Waals surface area contributed by atoms with Crippen LogP contribution in [0.3, 0.4) is 0 Å². The van der Waals surface area contributed by atoms with Gasteiger partial charge in [-0.2, -0.15) is 0 Å². The molecule has 0 aliphatic rings. The van der Waals surface area contributed by atoms with Gasteiger partial charge in [-0.15, -0.1) is 0 Å². The van der Waals surface area contributed by atoms with Crippen LogP contribution < -0.4 is 5.32 Å². The van der Waals surface area contributed by atoms with Gasteiger partial charge >= 0.3 is 0 Å². The van der Waals surface area contributed by atoms with Crippen LogP contribution in [0.15, 0.2) is 28.7 Å². The zero-order chi connectivity index (χ0) is 13.9. The van der Waals surface area contributed by atoms with Crippen molar-refractivity contribution in [2.24, 2.45) is 0 Å². The minimum atomic E-state index is 0.574. The van der Waals surface area contributed by atoms with E-state index >= 15 is 0 Å². The summed E-state index contributed by atoms with van der Waals surface area (Å²) in [5.74, 6) is 0.574. The van der Waals surface area contributed by atoms with Crippen LogP contribution in [0.4, 0.5) is 0 Å². The van der Waals surface area contributed by atoms with E-state index < -0.39 is 0 Å². The molecule has 1 rings (SSSR count). The Kier molecular flexibility index (Phi) is 9.14. The van der Waals surface area contributed by atoms with Gasteiger partial charge in [0.25, 0.3) is 0 Å². The minimum absolute atomic E-state index is 0.574. The third kappa shape index (κ3) is 7.09. The van der Waals surface area contributed by atoms with Crippen molar-refractivity contribution in [1.29, 1.82) is 0 Å². The normalized spacial score (nSPS) is 12.6. The van der Waals surface area contributed by atoms with E-state index in [4.69, 9.17) is 4.74 Å². The van der Waals surface area contributed by atoms with Crippen molar-refractivity contribution in [2.45, 2.75) is 39.0 Å². The lowest BCUT2D eigenvalue weighted by Gasteiger charge is -2.18. The van der Waals surface area contributed by atoms with Crippen molar-refractivity contribution >= 4 is 15.9 Å². The summed E-state index contributed by atoms with van der Waals surface area (Å²) in [6.45, 7) is 8.08. The van der Waals surface area contributed by atoms with E-state index in [0.717, 1.165) is 37.2 Å². The van der Waals surface area contributed by atoms with Crippen LogP contribution in [0, 0.1) is 0 Å². The maximum absolute atomic E-state index is 5.44. The number of hydrogen-bond acceptors (Lipinski definition) is 2. The summed E-state index contributed by atoms with van der Waals surface area (Å²) < 4.78 is 6.60. The Labute approximate surface area is 126 Å². The summed E-state index contributed by atoms with van der Waals surface area (Å²) in [7, 11) is 0. The molecule has 0 fully saturated rings. The lowest BCUT2D eigenvalue weighted by Crippen LogP contribution is -2.22. The maximum atomic E-state index is 5.44. The SMILES string of the molecule is CCCNCC(CCCOCC)c1cccc(Br)c1. The number of rotatable bonds is 10. The molecule has 0 saturated heterocycles. The molecule has 0 radical (unpaired) electrons. The number of hydrogen-bond donors (Lipinski definition) is 1. The van der Waals surface area contributed by atoms with E-state index in [2.05, 4.69) is 59.4 Å². The van der Waals surface area contributed by atoms with E-state index in [1.165, 1.54) is 18.4 Å². The Morgan fingerprint density at radius 1 is 1.32 bits per heavy atom. The summed E-state index contributed by atoms with van der Waals surface area (Å²) >= 11 is 3.56. The lowest BCUT2D eigenvalue weighted by atomic mass is 9.94. The summed E-state index contributed by atoms with van der Waals surface area (Å²) in [5, 5.41) is 3.54. The molecule has 0 aromatic heterocycles. The number of benzene rings is 1. The van der Waals surface area contributed by atoms with Gasteiger partial charge in [0.05, 0.1) is 0 Å². The Balaban J connectivity index is 2.52. The highest BCUT2D eigenvalue weighted by Crippen LogP contribution is 2.23. The summed E-state index contributed by atoms with van der Waals surface area (Å²) in [6, 6.07) is 8.66. The van der Waals surface area contributed by atoms with Crippen molar-refractivity contribution in [2.75, 3.05) is 26.3 Å². The van der Waals surface area contributed by atoms with Gasteiger partial charge < -0.3 is 10.1 Å². The van der Waals surface area contributed by atoms with Crippen molar-refractivity contribution < 1.29 is 4.74 Å². The Hall–Kier alpha value is -0.380. The zero-order valence-electron chi connectivity index (χ0n) is 12.1. The first kappa shape index (κ1) is 16.7. The van der Waals surface area contributed by atoms with Gasteiger partial charge in [-0.25, -0.2) is 0 Å². The average Bonchev–Trinajstić information content (AvgIpc) is 2.41. The lowest BCUT2D eigenvalue weighted by molar-refractivity contribution is 0.141. The number of ether oxygens (including phenoxy) is 1. The van der Waals surface area contributed by atoms with E-state index in [9.17, 15) is 0 Å². The highest BCUT2D eigenvalue weighted by molar-refractivity contribution is 9.10. The first-order valence-electron chi connectivity index (χ1n) is 7.31. The molecule has 0 aliphatic heterocycles. The molecule has 108 valence electrons. The monoisotopic (exact) mass is 327 g/mol. The molecule has 0 saturated carbocycles. The smallest absolute Gasteiger partial charge is 0.0466 e. The van der Waals surface area contributed by atoms with Gasteiger partial charge in [0.1, 0.15) is 0 Å². The highest BCUT2D eigenvalue weighted by Gasteiger charge is 2.11.